The molecule has 1 heterocycles. The Bertz CT molecular complexity index is 906. The summed E-state index contributed by atoms with van der Waals surface area (Å²) in [4.78, 5) is 17.4. The molecule has 3 rings (SSSR count). The Balaban J connectivity index is 1.83. The molecule has 0 saturated carbocycles. The number of aryl methyl sites for hydroxylation is 2. The van der Waals surface area contributed by atoms with Gasteiger partial charge in [-0.25, -0.2) is 4.99 Å². The Morgan fingerprint density at radius 3 is 2.64 bits per heavy atom. The minimum atomic E-state index is -0.126. The summed E-state index contributed by atoms with van der Waals surface area (Å²) in [5, 5.41) is 3.42. The number of aliphatic imine (C=N–C) groups is 1. The van der Waals surface area contributed by atoms with Crippen molar-refractivity contribution in [2.75, 3.05) is 7.11 Å². The van der Waals surface area contributed by atoms with Gasteiger partial charge in [0.05, 0.1) is 21.3 Å². The van der Waals surface area contributed by atoms with E-state index in [1.54, 1.807) is 7.11 Å². The van der Waals surface area contributed by atoms with Crippen molar-refractivity contribution in [1.82, 2.24) is 5.32 Å². The van der Waals surface area contributed by atoms with Crippen molar-refractivity contribution in [3.8, 4) is 5.75 Å². The quantitative estimate of drug-likeness (QED) is 0.524. The van der Waals surface area contributed by atoms with E-state index < -0.39 is 0 Å². The average Bonchev–Trinajstić information content (AvgIpc) is 2.90. The van der Waals surface area contributed by atoms with Gasteiger partial charge in [-0.2, -0.15) is 0 Å². The van der Waals surface area contributed by atoms with Crippen molar-refractivity contribution in [1.29, 1.82) is 0 Å². The number of methoxy groups -OCH3 is 1. The molecule has 6 heteroatoms. The minimum absolute atomic E-state index is 0.126. The molecule has 0 unspecified atom stereocenters. The number of nitrogens with zero attached hydrogens (tertiary/aromatic N) is 1. The van der Waals surface area contributed by atoms with Gasteiger partial charge in [0.15, 0.2) is 5.17 Å². The smallest absolute Gasteiger partial charge is 0.264 e. The lowest BCUT2D eigenvalue weighted by Gasteiger charge is -2.03. The highest BCUT2D eigenvalue weighted by molar-refractivity contribution is 14.1. The molecule has 1 saturated heterocycles. The molecule has 1 fully saturated rings. The Kier molecular flexibility index (Phi) is 5.48. The zero-order valence-corrected chi connectivity index (χ0v) is 17.1. The third kappa shape index (κ3) is 4.24. The summed E-state index contributed by atoms with van der Waals surface area (Å²) in [5.74, 6) is 0.696. The van der Waals surface area contributed by atoms with Gasteiger partial charge >= 0.3 is 0 Å². The molecule has 0 spiro atoms. The number of amidine groups is 1. The number of hydrogen-bond donors (Lipinski definition) is 1. The van der Waals surface area contributed by atoms with Gasteiger partial charge in [0, 0.05) is 0 Å². The molecule has 0 radical (unpaired) electrons. The first-order chi connectivity index (χ1) is 12.0. The third-order valence-corrected chi connectivity index (χ3v) is 5.60. The molecule has 2 aromatic carbocycles. The number of rotatable bonds is 3. The molecule has 0 bridgehead atoms. The van der Waals surface area contributed by atoms with Gasteiger partial charge in [0.25, 0.3) is 5.91 Å². The lowest BCUT2D eigenvalue weighted by Crippen LogP contribution is -2.19. The van der Waals surface area contributed by atoms with E-state index in [-0.39, 0.29) is 5.91 Å². The topological polar surface area (TPSA) is 50.7 Å². The summed E-state index contributed by atoms with van der Waals surface area (Å²) >= 11 is 3.57. The summed E-state index contributed by atoms with van der Waals surface area (Å²) in [6, 6.07) is 11.8. The van der Waals surface area contributed by atoms with Crippen molar-refractivity contribution in [2.45, 2.75) is 13.8 Å². The second kappa shape index (κ2) is 7.61. The molecule has 0 atom stereocenters. The fourth-order valence-electron chi connectivity index (χ4n) is 2.32. The lowest BCUT2D eigenvalue weighted by molar-refractivity contribution is -0.115. The number of hydrogen-bond acceptors (Lipinski definition) is 4. The van der Waals surface area contributed by atoms with E-state index >= 15 is 0 Å². The van der Waals surface area contributed by atoms with Gasteiger partial charge in [-0.3, -0.25) is 4.79 Å². The van der Waals surface area contributed by atoms with Crippen LogP contribution in [0.4, 0.5) is 5.69 Å². The number of carbonyl (C=O) groups excluding carboxylic acids is 1. The Hall–Kier alpha value is -1.80. The molecule has 128 valence electrons. The van der Waals surface area contributed by atoms with Gasteiger partial charge in [-0.1, -0.05) is 12.1 Å². The highest BCUT2D eigenvalue weighted by Gasteiger charge is 2.23. The molecular formula is C19H17IN2O2S. The second-order valence-corrected chi connectivity index (χ2v) is 7.84. The first-order valence-electron chi connectivity index (χ1n) is 7.66. The normalized spacial score (nSPS) is 17.2. The molecule has 1 amide bonds. The first kappa shape index (κ1) is 18.0. The van der Waals surface area contributed by atoms with E-state index in [2.05, 4.69) is 46.7 Å². The van der Waals surface area contributed by atoms with Crippen LogP contribution in [-0.2, 0) is 4.79 Å². The predicted molar refractivity (Wildman–Crippen MR) is 112 cm³/mol. The van der Waals surface area contributed by atoms with Crippen molar-refractivity contribution >= 4 is 57.2 Å². The van der Waals surface area contributed by atoms with Crippen LogP contribution in [0.15, 0.2) is 46.3 Å². The fourth-order valence-corrected chi connectivity index (χ4v) is 3.92. The molecule has 0 aromatic heterocycles. The molecule has 0 aliphatic carbocycles. The average molecular weight is 464 g/mol. The fraction of sp³-hybridized carbons (Fsp3) is 0.158. The number of benzene rings is 2. The van der Waals surface area contributed by atoms with E-state index in [1.165, 1.54) is 22.9 Å². The zero-order valence-electron chi connectivity index (χ0n) is 14.1. The maximum Gasteiger partial charge on any atom is 0.264 e. The van der Waals surface area contributed by atoms with Gasteiger partial charge in [0.1, 0.15) is 5.75 Å². The maximum absolute atomic E-state index is 12.2. The number of amides is 1. The number of carbonyl (C=O) groups is 1. The van der Waals surface area contributed by atoms with Crippen molar-refractivity contribution in [3.63, 3.8) is 0 Å². The summed E-state index contributed by atoms with van der Waals surface area (Å²) in [5.41, 5.74) is 4.20. The van der Waals surface area contributed by atoms with Crippen LogP contribution in [0.5, 0.6) is 5.75 Å². The first-order valence-corrected chi connectivity index (χ1v) is 9.56. The largest absolute Gasteiger partial charge is 0.496 e. The summed E-state index contributed by atoms with van der Waals surface area (Å²) in [6.45, 7) is 4.12. The summed E-state index contributed by atoms with van der Waals surface area (Å²) in [6.07, 6.45) is 1.87. The van der Waals surface area contributed by atoms with Crippen LogP contribution in [0.2, 0.25) is 0 Å². The third-order valence-electron chi connectivity index (χ3n) is 3.85. The SMILES string of the molecule is COc1ccc(/C=C2/SC(=Nc3ccc(C)c(C)c3)NC2=O)cc1I. The Labute approximate surface area is 164 Å². The summed E-state index contributed by atoms with van der Waals surface area (Å²) < 4.78 is 6.26. The van der Waals surface area contributed by atoms with Crippen LogP contribution < -0.4 is 10.1 Å². The zero-order chi connectivity index (χ0) is 18.0. The van der Waals surface area contributed by atoms with E-state index in [9.17, 15) is 4.79 Å². The van der Waals surface area contributed by atoms with Crippen LogP contribution >= 0.6 is 34.4 Å². The molecule has 2 aromatic rings. The predicted octanol–water partition coefficient (Wildman–Crippen LogP) is 4.81. The van der Waals surface area contributed by atoms with Gasteiger partial charge in [0.2, 0.25) is 0 Å². The van der Waals surface area contributed by atoms with Crippen LogP contribution in [0.3, 0.4) is 0 Å². The van der Waals surface area contributed by atoms with Crippen molar-refractivity contribution in [2.24, 2.45) is 4.99 Å². The van der Waals surface area contributed by atoms with Crippen LogP contribution in [0.1, 0.15) is 16.7 Å². The molecule has 1 aliphatic heterocycles. The Morgan fingerprint density at radius 1 is 1.16 bits per heavy atom. The van der Waals surface area contributed by atoms with Gasteiger partial charge < -0.3 is 10.1 Å². The van der Waals surface area contributed by atoms with E-state index in [0.717, 1.165) is 20.6 Å². The van der Waals surface area contributed by atoms with Crippen molar-refractivity contribution in [3.05, 3.63) is 61.6 Å². The van der Waals surface area contributed by atoms with Gasteiger partial charge in [-0.15, -0.1) is 0 Å². The van der Waals surface area contributed by atoms with Crippen LogP contribution in [0.25, 0.3) is 6.08 Å². The van der Waals surface area contributed by atoms with Crippen LogP contribution in [0, 0.1) is 17.4 Å². The van der Waals surface area contributed by atoms with E-state index in [4.69, 9.17) is 4.74 Å². The molecule has 25 heavy (non-hydrogen) atoms. The number of ether oxygens (including phenoxy) is 1. The van der Waals surface area contributed by atoms with E-state index in [0.29, 0.717) is 10.1 Å². The molecule has 4 nitrogen and oxygen atoms in total. The van der Waals surface area contributed by atoms with E-state index in [1.807, 2.05) is 42.5 Å². The lowest BCUT2D eigenvalue weighted by atomic mass is 10.1. The number of nitrogens with one attached hydrogen (secondary N) is 1. The number of thioether (sulfide) groups is 1. The molecule has 1 N–H and O–H groups in total. The monoisotopic (exact) mass is 464 g/mol. The van der Waals surface area contributed by atoms with Crippen molar-refractivity contribution < 1.29 is 9.53 Å². The molecule has 1 aliphatic rings. The van der Waals surface area contributed by atoms with Crippen LogP contribution in [-0.4, -0.2) is 18.2 Å². The van der Waals surface area contributed by atoms with Gasteiger partial charge in [-0.05, 0) is 95.2 Å². The highest BCUT2D eigenvalue weighted by atomic mass is 127. The minimum Gasteiger partial charge on any atom is -0.496 e. The second-order valence-electron chi connectivity index (χ2n) is 5.64. The molecular weight excluding hydrogens is 447 g/mol. The summed E-state index contributed by atoms with van der Waals surface area (Å²) in [7, 11) is 1.64. The number of halogens is 1. The Morgan fingerprint density at radius 2 is 1.96 bits per heavy atom. The maximum atomic E-state index is 12.2. The highest BCUT2D eigenvalue weighted by Crippen LogP contribution is 2.30. The standard InChI is InChI=1S/C19H17IN2O2S/c1-11-4-6-14(8-12(11)2)21-19-22-18(23)17(25-19)10-13-5-7-16(24-3)15(20)9-13/h4-10H,1-3H3,(H,21,22,23)/b17-10+.